The van der Waals surface area contributed by atoms with Crippen molar-refractivity contribution < 1.29 is 29.7 Å². The van der Waals surface area contributed by atoms with E-state index >= 15 is 0 Å². The lowest BCUT2D eigenvalue weighted by molar-refractivity contribution is -0.139. The van der Waals surface area contributed by atoms with E-state index in [1.165, 1.54) is 0 Å². The Hall–Kier alpha value is -2.05. The van der Waals surface area contributed by atoms with Crippen LogP contribution in [-0.4, -0.2) is 69.3 Å². The van der Waals surface area contributed by atoms with Crippen LogP contribution in [0.5, 0.6) is 0 Å². The lowest BCUT2D eigenvalue weighted by Gasteiger charge is -2.03. The van der Waals surface area contributed by atoms with Crippen molar-refractivity contribution in [1.29, 1.82) is 0 Å². The molecule has 11 N–H and O–H groups in total. The highest BCUT2D eigenvalue weighted by Gasteiger charge is 2.11. The van der Waals surface area contributed by atoms with Gasteiger partial charge >= 0.3 is 17.9 Å². The number of hydrogen-bond acceptors (Lipinski definition) is 7. The van der Waals surface area contributed by atoms with Crippen molar-refractivity contribution in [2.45, 2.75) is 24.9 Å². The van der Waals surface area contributed by atoms with Crippen molar-refractivity contribution in [3.05, 3.63) is 0 Å². The van der Waals surface area contributed by atoms with E-state index in [1.807, 2.05) is 0 Å². The van der Waals surface area contributed by atoms with Gasteiger partial charge in [0.1, 0.15) is 12.1 Å². The van der Waals surface area contributed by atoms with Gasteiger partial charge in [0.2, 0.25) is 0 Å². The van der Waals surface area contributed by atoms with Crippen LogP contribution in [0.1, 0.15) is 12.8 Å². The molecule has 0 amide bonds. The number of hydrogen-bond donors (Lipinski definition) is 7. The Morgan fingerprint density at radius 3 is 1.91 bits per heavy atom. The lowest BCUT2D eigenvalue weighted by atomic mass is 10.2. The molecule has 0 aliphatic heterocycles. The molecule has 0 aromatic rings. The maximum Gasteiger partial charge on any atom is 0.321 e. The fraction of sp³-hybridized carbons (Fsp3) is 0.636. The van der Waals surface area contributed by atoms with Gasteiger partial charge in [-0.15, -0.1) is 11.8 Å². The Morgan fingerprint density at radius 2 is 1.52 bits per heavy atom. The number of nitrogens with two attached hydrogens (primary N) is 4. The van der Waals surface area contributed by atoms with Gasteiger partial charge in [-0.3, -0.25) is 19.4 Å². The summed E-state index contributed by atoms with van der Waals surface area (Å²) in [6.07, 6.45) is 0.956. The number of carboxylic acid groups (broad SMARTS) is 3. The first-order valence-electron chi connectivity index (χ1n) is 6.39. The SMILES string of the molecule is NC(CSCC(=O)O)C(=O)O.NC(N)=NCCCC(N)C(=O)O. The minimum absolute atomic E-state index is 0.0129. The van der Waals surface area contributed by atoms with Crippen LogP contribution in [-0.2, 0) is 14.4 Å². The van der Waals surface area contributed by atoms with Gasteiger partial charge in [0.05, 0.1) is 5.75 Å². The molecule has 12 heteroatoms. The highest BCUT2D eigenvalue weighted by molar-refractivity contribution is 8.00. The summed E-state index contributed by atoms with van der Waals surface area (Å²) in [6.45, 7) is 0.420. The molecule has 23 heavy (non-hydrogen) atoms. The monoisotopic (exact) mass is 353 g/mol. The van der Waals surface area contributed by atoms with E-state index in [1.54, 1.807) is 0 Å². The Balaban J connectivity index is 0. The summed E-state index contributed by atoms with van der Waals surface area (Å²) in [6, 6.07) is -1.79. The van der Waals surface area contributed by atoms with Crippen LogP contribution in [0.3, 0.4) is 0 Å². The molecule has 0 aliphatic carbocycles. The van der Waals surface area contributed by atoms with Crippen molar-refractivity contribution >= 4 is 35.6 Å². The second-order valence-electron chi connectivity index (χ2n) is 4.25. The molecule has 0 spiro atoms. The summed E-state index contributed by atoms with van der Waals surface area (Å²) in [5.41, 5.74) is 20.4. The average Bonchev–Trinajstić information content (AvgIpc) is 2.43. The second kappa shape index (κ2) is 13.6. The third-order valence-electron chi connectivity index (χ3n) is 2.12. The zero-order valence-electron chi connectivity index (χ0n) is 12.4. The fourth-order valence-electron chi connectivity index (χ4n) is 0.987. The van der Waals surface area contributed by atoms with Gasteiger partial charge in [0.15, 0.2) is 5.96 Å². The van der Waals surface area contributed by atoms with Gasteiger partial charge in [-0.1, -0.05) is 0 Å². The summed E-state index contributed by atoms with van der Waals surface area (Å²) >= 11 is 0.992. The highest BCUT2D eigenvalue weighted by atomic mass is 32.2. The minimum Gasteiger partial charge on any atom is -0.481 e. The van der Waals surface area contributed by atoms with Crippen LogP contribution in [0.4, 0.5) is 0 Å². The van der Waals surface area contributed by atoms with Gasteiger partial charge in [-0.25, -0.2) is 0 Å². The predicted molar refractivity (Wildman–Crippen MR) is 86.1 cm³/mol. The van der Waals surface area contributed by atoms with Gasteiger partial charge in [-0.05, 0) is 12.8 Å². The molecule has 0 fully saturated rings. The van der Waals surface area contributed by atoms with E-state index in [9.17, 15) is 14.4 Å². The van der Waals surface area contributed by atoms with Crippen LogP contribution >= 0.6 is 11.8 Å². The Bertz CT molecular complexity index is 416. The molecule has 2 atom stereocenters. The number of aliphatic imine (C=N–C) groups is 1. The fourth-order valence-corrected chi connectivity index (χ4v) is 1.68. The van der Waals surface area contributed by atoms with E-state index in [-0.39, 0.29) is 17.5 Å². The van der Waals surface area contributed by atoms with Gasteiger partial charge < -0.3 is 38.3 Å². The molecule has 0 heterocycles. The van der Waals surface area contributed by atoms with Crippen LogP contribution in [0, 0.1) is 0 Å². The number of carboxylic acids is 3. The molecule has 0 bridgehead atoms. The second-order valence-corrected chi connectivity index (χ2v) is 5.28. The number of guanidine groups is 1. The predicted octanol–water partition coefficient (Wildman–Crippen LogP) is -2.33. The summed E-state index contributed by atoms with van der Waals surface area (Å²) in [5.74, 6) is -3.04. The molecule has 2 unspecified atom stereocenters. The third-order valence-corrected chi connectivity index (χ3v) is 3.17. The first-order chi connectivity index (χ1) is 10.6. The molecule has 134 valence electrons. The summed E-state index contributed by atoms with van der Waals surface area (Å²) in [7, 11) is 0. The number of rotatable bonds is 10. The van der Waals surface area contributed by atoms with Crippen LogP contribution in [0.15, 0.2) is 4.99 Å². The Kier molecular flexibility index (Phi) is 13.7. The Morgan fingerprint density at radius 1 is 1.00 bits per heavy atom. The lowest BCUT2D eigenvalue weighted by Crippen LogP contribution is -2.32. The molecule has 0 aliphatic rings. The van der Waals surface area contributed by atoms with Crippen molar-refractivity contribution in [2.24, 2.45) is 27.9 Å². The van der Waals surface area contributed by atoms with Crippen molar-refractivity contribution in [1.82, 2.24) is 0 Å². The zero-order valence-corrected chi connectivity index (χ0v) is 13.2. The smallest absolute Gasteiger partial charge is 0.321 e. The van der Waals surface area contributed by atoms with E-state index in [4.69, 9.17) is 38.3 Å². The molecule has 11 nitrogen and oxygen atoms in total. The molecular weight excluding hydrogens is 330 g/mol. The first kappa shape index (κ1) is 23.2. The molecule has 0 rings (SSSR count). The number of aliphatic carboxylic acids is 3. The van der Waals surface area contributed by atoms with Crippen LogP contribution in [0.2, 0.25) is 0 Å². The quantitative estimate of drug-likeness (QED) is 0.125. The van der Waals surface area contributed by atoms with E-state index in [2.05, 4.69) is 4.99 Å². The van der Waals surface area contributed by atoms with Crippen molar-refractivity contribution in [3.63, 3.8) is 0 Å². The average molecular weight is 353 g/mol. The number of nitrogens with zero attached hydrogens (tertiary/aromatic N) is 1. The van der Waals surface area contributed by atoms with Crippen molar-refractivity contribution in [3.8, 4) is 0 Å². The number of carbonyl (C=O) groups is 3. The van der Waals surface area contributed by atoms with Crippen LogP contribution < -0.4 is 22.9 Å². The standard InChI is InChI=1S/C6H14N4O2.C5H9NO4S/c7-4(5(11)12)2-1-3-10-6(8)9;6-3(5(9)10)1-11-2-4(7)8/h4H,1-3,7H2,(H,11,12)(H4,8,9,10);3H,1-2,6H2,(H,7,8)(H,9,10). The molecule has 0 aromatic carbocycles. The van der Waals surface area contributed by atoms with E-state index < -0.39 is 30.0 Å². The molecule has 0 radical (unpaired) electrons. The van der Waals surface area contributed by atoms with Gasteiger partial charge in [0.25, 0.3) is 0 Å². The van der Waals surface area contributed by atoms with E-state index in [0.29, 0.717) is 19.4 Å². The first-order valence-corrected chi connectivity index (χ1v) is 7.55. The summed E-state index contributed by atoms with van der Waals surface area (Å²) in [4.78, 5) is 33.9. The molecule has 0 aromatic heterocycles. The zero-order chi connectivity index (χ0) is 18.4. The topological polar surface area (TPSA) is 228 Å². The minimum atomic E-state index is -1.11. The Labute approximate surface area is 137 Å². The van der Waals surface area contributed by atoms with Gasteiger partial charge in [0, 0.05) is 12.3 Å². The number of thioether (sulfide) groups is 1. The largest absolute Gasteiger partial charge is 0.481 e. The molecule has 0 saturated carbocycles. The molecule has 0 saturated heterocycles. The van der Waals surface area contributed by atoms with Crippen LogP contribution in [0.25, 0.3) is 0 Å². The third kappa shape index (κ3) is 17.9. The normalized spacial score (nSPS) is 12.3. The summed E-state index contributed by atoms with van der Waals surface area (Å²) < 4.78 is 0. The maximum absolute atomic E-state index is 10.2. The van der Waals surface area contributed by atoms with Crippen molar-refractivity contribution in [2.75, 3.05) is 18.1 Å². The maximum atomic E-state index is 10.2. The summed E-state index contributed by atoms with van der Waals surface area (Å²) in [5, 5.41) is 24.8. The van der Waals surface area contributed by atoms with Gasteiger partial charge in [-0.2, -0.15) is 0 Å². The highest BCUT2D eigenvalue weighted by Crippen LogP contribution is 2.00. The molecular formula is C11H23N5O6S. The van der Waals surface area contributed by atoms with E-state index in [0.717, 1.165) is 11.8 Å².